The van der Waals surface area contributed by atoms with Gasteiger partial charge in [0.1, 0.15) is 5.75 Å². The number of amides is 1. The molecule has 1 fully saturated rings. The minimum atomic E-state index is 0. The second-order valence-electron chi connectivity index (χ2n) is 6.66. The van der Waals surface area contributed by atoms with Gasteiger partial charge in [-0.3, -0.25) is 9.69 Å². The monoisotopic (exact) mass is 385 g/mol. The van der Waals surface area contributed by atoms with Gasteiger partial charge >= 0.3 is 0 Å². The van der Waals surface area contributed by atoms with Crippen LogP contribution in [0.15, 0.2) is 54.7 Å². The lowest BCUT2D eigenvalue weighted by Crippen LogP contribution is -2.48. The molecule has 0 atom stereocenters. The van der Waals surface area contributed by atoms with Crippen LogP contribution in [-0.2, 0) is 6.54 Å². The Morgan fingerprint density at radius 2 is 1.85 bits per heavy atom. The van der Waals surface area contributed by atoms with Gasteiger partial charge in [-0.1, -0.05) is 24.3 Å². The molecule has 1 aliphatic rings. The number of hydrogen-bond acceptors (Lipinski definition) is 3. The third kappa shape index (κ3) is 4.10. The largest absolute Gasteiger partial charge is 0.497 e. The van der Waals surface area contributed by atoms with E-state index in [4.69, 9.17) is 4.74 Å². The molecule has 3 aromatic rings. The van der Waals surface area contributed by atoms with E-state index in [1.165, 1.54) is 16.5 Å². The number of halogens is 1. The zero-order valence-corrected chi connectivity index (χ0v) is 16.2. The van der Waals surface area contributed by atoms with Gasteiger partial charge in [0.05, 0.1) is 7.11 Å². The van der Waals surface area contributed by atoms with E-state index in [0.29, 0.717) is 11.3 Å². The highest BCUT2D eigenvalue weighted by molar-refractivity contribution is 5.94. The Balaban J connectivity index is 0.00000210. The summed E-state index contributed by atoms with van der Waals surface area (Å²) in [5, 5.41) is 1.28. The number of aromatic nitrogens is 1. The van der Waals surface area contributed by atoms with Crippen LogP contribution in [0.1, 0.15) is 15.9 Å². The van der Waals surface area contributed by atoms with Crippen molar-refractivity contribution >= 4 is 29.2 Å². The molecule has 142 valence electrons. The molecule has 6 heteroatoms. The van der Waals surface area contributed by atoms with Gasteiger partial charge in [0.25, 0.3) is 5.91 Å². The number of aromatic amines is 1. The van der Waals surface area contributed by atoms with Gasteiger partial charge in [0.15, 0.2) is 0 Å². The summed E-state index contributed by atoms with van der Waals surface area (Å²) in [6.07, 6.45) is 2.10. The Morgan fingerprint density at radius 1 is 1.07 bits per heavy atom. The first-order chi connectivity index (χ1) is 12.7. The van der Waals surface area contributed by atoms with Gasteiger partial charge in [-0.15, -0.1) is 12.4 Å². The van der Waals surface area contributed by atoms with Crippen molar-refractivity contribution in [3.8, 4) is 5.75 Å². The van der Waals surface area contributed by atoms with E-state index >= 15 is 0 Å². The summed E-state index contributed by atoms with van der Waals surface area (Å²) < 4.78 is 5.22. The number of nitrogens with zero attached hydrogens (tertiary/aromatic N) is 2. The fourth-order valence-corrected chi connectivity index (χ4v) is 3.55. The lowest BCUT2D eigenvalue weighted by Gasteiger charge is -2.34. The van der Waals surface area contributed by atoms with Crippen LogP contribution in [0.3, 0.4) is 0 Å². The predicted octanol–water partition coefficient (Wildman–Crippen LogP) is 3.56. The molecule has 5 nitrogen and oxygen atoms in total. The van der Waals surface area contributed by atoms with Crippen molar-refractivity contribution in [2.45, 2.75) is 6.54 Å². The number of carbonyl (C=O) groups is 1. The number of benzene rings is 2. The number of rotatable bonds is 4. The third-order valence-electron chi connectivity index (χ3n) is 5.05. The quantitative estimate of drug-likeness (QED) is 0.747. The van der Waals surface area contributed by atoms with E-state index in [2.05, 4.69) is 34.3 Å². The highest BCUT2D eigenvalue weighted by Crippen LogP contribution is 2.20. The Kier molecular flexibility index (Phi) is 6.04. The van der Waals surface area contributed by atoms with Crippen molar-refractivity contribution in [1.29, 1.82) is 0 Å². The van der Waals surface area contributed by atoms with Crippen molar-refractivity contribution in [3.05, 3.63) is 65.9 Å². The standard InChI is InChI=1S/C21H23N3O2.ClH/c1-26-18-6-4-5-16(13-18)21(25)24-11-9-23(10-12-24)15-17-14-22-20-8-3-2-7-19(17)20;/h2-8,13-14,22H,9-12,15H2,1H3;1H. The molecule has 1 N–H and O–H groups in total. The van der Waals surface area contributed by atoms with Gasteiger partial charge in [-0.2, -0.15) is 0 Å². The van der Waals surface area contributed by atoms with Crippen molar-refractivity contribution < 1.29 is 9.53 Å². The third-order valence-corrected chi connectivity index (χ3v) is 5.05. The Hall–Kier alpha value is -2.50. The average Bonchev–Trinajstić information content (AvgIpc) is 3.11. The van der Waals surface area contributed by atoms with Crippen molar-refractivity contribution in [2.75, 3.05) is 33.3 Å². The second kappa shape index (κ2) is 8.46. The fourth-order valence-electron chi connectivity index (χ4n) is 3.55. The van der Waals surface area contributed by atoms with Gasteiger partial charge in [0, 0.05) is 55.4 Å². The maximum absolute atomic E-state index is 12.7. The molecule has 2 heterocycles. The summed E-state index contributed by atoms with van der Waals surface area (Å²) in [6.45, 7) is 4.17. The zero-order chi connectivity index (χ0) is 17.9. The fraction of sp³-hybridized carbons (Fsp3) is 0.286. The summed E-state index contributed by atoms with van der Waals surface area (Å²) in [6, 6.07) is 15.8. The average molecular weight is 386 g/mol. The molecule has 1 aromatic heterocycles. The smallest absolute Gasteiger partial charge is 0.254 e. The number of fused-ring (bicyclic) bond motifs is 1. The molecule has 2 aromatic carbocycles. The summed E-state index contributed by atoms with van der Waals surface area (Å²) in [5.74, 6) is 0.796. The number of piperazine rings is 1. The molecule has 0 bridgehead atoms. The number of H-pyrrole nitrogens is 1. The summed E-state index contributed by atoms with van der Waals surface area (Å²) in [7, 11) is 1.62. The summed E-state index contributed by atoms with van der Waals surface area (Å²) in [4.78, 5) is 20.4. The Bertz CT molecular complexity index is 916. The van der Waals surface area contributed by atoms with E-state index in [1.807, 2.05) is 29.2 Å². The topological polar surface area (TPSA) is 48.6 Å². The van der Waals surface area contributed by atoms with Crippen LogP contribution >= 0.6 is 12.4 Å². The van der Waals surface area contributed by atoms with Crippen LogP contribution in [0.5, 0.6) is 5.75 Å². The van der Waals surface area contributed by atoms with E-state index < -0.39 is 0 Å². The molecular weight excluding hydrogens is 362 g/mol. The van der Waals surface area contributed by atoms with Gasteiger partial charge in [-0.25, -0.2) is 0 Å². The van der Waals surface area contributed by atoms with Crippen LogP contribution in [0, 0.1) is 0 Å². The minimum absolute atomic E-state index is 0. The maximum Gasteiger partial charge on any atom is 0.254 e. The lowest BCUT2D eigenvalue weighted by atomic mass is 10.1. The van der Waals surface area contributed by atoms with Crippen molar-refractivity contribution in [1.82, 2.24) is 14.8 Å². The van der Waals surface area contributed by atoms with Crippen molar-refractivity contribution in [2.24, 2.45) is 0 Å². The Labute approximate surface area is 165 Å². The Morgan fingerprint density at radius 3 is 2.63 bits per heavy atom. The number of para-hydroxylation sites is 1. The highest BCUT2D eigenvalue weighted by atomic mass is 35.5. The van der Waals surface area contributed by atoms with E-state index in [1.54, 1.807) is 13.2 Å². The summed E-state index contributed by atoms with van der Waals surface area (Å²) >= 11 is 0. The van der Waals surface area contributed by atoms with E-state index in [0.717, 1.165) is 32.7 Å². The van der Waals surface area contributed by atoms with Gasteiger partial charge in [0.2, 0.25) is 0 Å². The van der Waals surface area contributed by atoms with Crippen LogP contribution in [-0.4, -0.2) is 54.0 Å². The molecular formula is C21H24ClN3O2. The number of methoxy groups -OCH3 is 1. The van der Waals surface area contributed by atoms with Crippen LogP contribution in [0.4, 0.5) is 0 Å². The SMILES string of the molecule is COc1cccc(C(=O)N2CCN(Cc3c[nH]c4ccccc34)CC2)c1.Cl. The molecule has 1 saturated heterocycles. The number of hydrogen-bond donors (Lipinski definition) is 1. The molecule has 4 rings (SSSR count). The predicted molar refractivity (Wildman–Crippen MR) is 110 cm³/mol. The van der Waals surface area contributed by atoms with Crippen LogP contribution < -0.4 is 4.74 Å². The van der Waals surface area contributed by atoms with Crippen molar-refractivity contribution in [3.63, 3.8) is 0 Å². The van der Waals surface area contributed by atoms with Crippen LogP contribution in [0.25, 0.3) is 10.9 Å². The zero-order valence-electron chi connectivity index (χ0n) is 15.4. The van der Waals surface area contributed by atoms with E-state index in [9.17, 15) is 4.79 Å². The number of ether oxygens (including phenoxy) is 1. The van der Waals surface area contributed by atoms with Gasteiger partial charge < -0.3 is 14.6 Å². The van der Waals surface area contributed by atoms with Gasteiger partial charge in [-0.05, 0) is 29.8 Å². The van der Waals surface area contributed by atoms with E-state index in [-0.39, 0.29) is 18.3 Å². The first kappa shape index (κ1) is 19.3. The molecule has 0 aliphatic carbocycles. The summed E-state index contributed by atoms with van der Waals surface area (Å²) in [5.41, 5.74) is 3.18. The molecule has 27 heavy (non-hydrogen) atoms. The maximum atomic E-state index is 12.7. The molecule has 1 aliphatic heterocycles. The number of carbonyl (C=O) groups excluding carboxylic acids is 1. The molecule has 0 radical (unpaired) electrons. The normalized spacial score (nSPS) is 14.8. The molecule has 1 amide bonds. The minimum Gasteiger partial charge on any atom is -0.497 e. The highest BCUT2D eigenvalue weighted by Gasteiger charge is 2.23. The van der Waals surface area contributed by atoms with Crippen LogP contribution in [0.2, 0.25) is 0 Å². The molecule has 0 unspecified atom stereocenters. The molecule has 0 spiro atoms. The lowest BCUT2D eigenvalue weighted by molar-refractivity contribution is 0.0628. The first-order valence-electron chi connectivity index (χ1n) is 8.95. The molecule has 0 saturated carbocycles. The second-order valence-corrected chi connectivity index (χ2v) is 6.66. The number of nitrogens with one attached hydrogen (secondary N) is 1. The first-order valence-corrected chi connectivity index (χ1v) is 8.95.